The van der Waals surface area contributed by atoms with Gasteiger partial charge in [-0.25, -0.2) is 0 Å². The van der Waals surface area contributed by atoms with Crippen molar-refractivity contribution < 1.29 is 8.83 Å². The van der Waals surface area contributed by atoms with Gasteiger partial charge < -0.3 is 13.7 Å². The molecule has 0 unspecified atom stereocenters. The number of hydrogen-bond acceptors (Lipinski definition) is 4. The monoisotopic (exact) mass is 733 g/mol. The number of furan rings is 2. The molecule has 0 bridgehead atoms. The molecule has 0 atom stereocenters. The first-order valence-electron chi connectivity index (χ1n) is 18.9. The Hall–Kier alpha value is -7.14. The average Bonchev–Trinajstić information content (AvgIpc) is 3.96. The van der Waals surface area contributed by atoms with Crippen LogP contribution in [0.1, 0.15) is 0 Å². The van der Waals surface area contributed by atoms with E-state index in [9.17, 15) is 0 Å². The first kappa shape index (κ1) is 31.2. The van der Waals surface area contributed by atoms with Crippen LogP contribution in [0, 0.1) is 0 Å². The first-order chi connectivity index (χ1) is 27.8. The van der Waals surface area contributed by atoms with Crippen LogP contribution in [0.2, 0.25) is 0 Å². The third kappa shape index (κ3) is 4.70. The van der Waals surface area contributed by atoms with Gasteiger partial charge in [-0.1, -0.05) is 146 Å². The van der Waals surface area contributed by atoms with Gasteiger partial charge in [0.2, 0.25) is 0 Å². The summed E-state index contributed by atoms with van der Waals surface area (Å²) in [5.41, 5.74) is 11.2. The van der Waals surface area contributed by atoms with E-state index in [1.54, 1.807) is 0 Å². The van der Waals surface area contributed by atoms with Gasteiger partial charge in [-0.2, -0.15) is 0 Å². The van der Waals surface area contributed by atoms with Gasteiger partial charge in [0, 0.05) is 58.7 Å². The average molecular weight is 734 g/mol. The Morgan fingerprint density at radius 2 is 0.857 bits per heavy atom. The van der Waals surface area contributed by atoms with E-state index in [0.717, 1.165) is 72.1 Å². The molecule has 56 heavy (non-hydrogen) atoms. The van der Waals surface area contributed by atoms with E-state index in [-0.39, 0.29) is 0 Å². The highest BCUT2D eigenvalue weighted by atomic mass is 32.1. The van der Waals surface area contributed by atoms with Crippen molar-refractivity contribution in [2.75, 3.05) is 4.90 Å². The minimum atomic E-state index is 0.858. The molecule has 0 aliphatic rings. The van der Waals surface area contributed by atoms with Crippen molar-refractivity contribution >= 4 is 103 Å². The lowest BCUT2D eigenvalue weighted by atomic mass is 10.0. The van der Waals surface area contributed by atoms with Crippen LogP contribution in [0.25, 0.3) is 97.1 Å². The molecule has 3 heterocycles. The van der Waals surface area contributed by atoms with Gasteiger partial charge in [-0.05, 0) is 69.9 Å². The number of hydrogen-bond donors (Lipinski definition) is 0. The van der Waals surface area contributed by atoms with Crippen molar-refractivity contribution in [2.24, 2.45) is 0 Å². The van der Waals surface area contributed by atoms with Crippen LogP contribution in [0.3, 0.4) is 0 Å². The predicted molar refractivity (Wildman–Crippen MR) is 237 cm³/mol. The number of thiophene rings is 1. The number of rotatable bonds is 5. The molecule has 4 heteroatoms. The smallest absolute Gasteiger partial charge is 0.159 e. The zero-order valence-corrected chi connectivity index (χ0v) is 30.9. The molecule has 3 aromatic heterocycles. The molecular formula is C52H31NO2S. The lowest BCUT2D eigenvalue weighted by Gasteiger charge is -2.26. The summed E-state index contributed by atoms with van der Waals surface area (Å²) in [6.45, 7) is 0. The van der Waals surface area contributed by atoms with Gasteiger partial charge in [0.25, 0.3) is 0 Å². The van der Waals surface area contributed by atoms with Crippen molar-refractivity contribution in [3.63, 3.8) is 0 Å². The van der Waals surface area contributed by atoms with Crippen molar-refractivity contribution in [2.45, 2.75) is 0 Å². The van der Waals surface area contributed by atoms with Gasteiger partial charge in [0.15, 0.2) is 5.58 Å². The number of para-hydroxylation sites is 4. The first-order valence-corrected chi connectivity index (χ1v) is 19.7. The Bertz CT molecular complexity index is 3480. The Morgan fingerprint density at radius 1 is 0.339 bits per heavy atom. The van der Waals surface area contributed by atoms with Crippen LogP contribution in [-0.4, -0.2) is 0 Å². The maximum atomic E-state index is 6.63. The highest BCUT2D eigenvalue weighted by Crippen LogP contribution is 2.46. The molecule has 0 aliphatic carbocycles. The largest absolute Gasteiger partial charge is 0.455 e. The molecule has 0 amide bonds. The number of nitrogens with zero attached hydrogens (tertiary/aromatic N) is 1. The fourth-order valence-corrected chi connectivity index (χ4v) is 10.0. The maximum absolute atomic E-state index is 6.63. The number of fused-ring (bicyclic) bond motifs is 11. The van der Waals surface area contributed by atoms with E-state index >= 15 is 0 Å². The Labute approximate surface area is 325 Å². The highest BCUT2D eigenvalue weighted by molar-refractivity contribution is 7.27. The van der Waals surface area contributed by atoms with Gasteiger partial charge >= 0.3 is 0 Å². The molecule has 0 fully saturated rings. The van der Waals surface area contributed by atoms with Gasteiger partial charge in [0.1, 0.15) is 16.7 Å². The van der Waals surface area contributed by atoms with E-state index < -0.39 is 0 Å². The van der Waals surface area contributed by atoms with E-state index in [1.807, 2.05) is 35.6 Å². The van der Waals surface area contributed by atoms with E-state index in [1.165, 1.54) is 42.1 Å². The Kier molecular flexibility index (Phi) is 6.80. The highest BCUT2D eigenvalue weighted by Gasteiger charge is 2.21. The quantitative estimate of drug-likeness (QED) is 0.176. The van der Waals surface area contributed by atoms with Crippen molar-refractivity contribution in [1.82, 2.24) is 0 Å². The summed E-state index contributed by atoms with van der Waals surface area (Å²) < 4.78 is 15.7. The van der Waals surface area contributed by atoms with Crippen LogP contribution < -0.4 is 4.90 Å². The van der Waals surface area contributed by atoms with Crippen molar-refractivity contribution in [3.05, 3.63) is 188 Å². The Balaban J connectivity index is 1.00. The second-order valence-corrected chi connectivity index (χ2v) is 15.4. The van der Waals surface area contributed by atoms with Crippen molar-refractivity contribution in [1.29, 1.82) is 0 Å². The maximum Gasteiger partial charge on any atom is 0.159 e. The predicted octanol–water partition coefficient (Wildman–Crippen LogP) is 15.8. The molecule has 3 nitrogen and oxygen atoms in total. The summed E-state index contributed by atoms with van der Waals surface area (Å²) in [6, 6.07) is 67.1. The second-order valence-electron chi connectivity index (χ2n) is 14.4. The summed E-state index contributed by atoms with van der Waals surface area (Å²) >= 11 is 1.89. The topological polar surface area (TPSA) is 29.5 Å². The van der Waals surface area contributed by atoms with Gasteiger partial charge in [0.05, 0.1) is 5.69 Å². The third-order valence-corrected chi connectivity index (χ3v) is 12.6. The minimum absolute atomic E-state index is 0.858. The summed E-state index contributed by atoms with van der Waals surface area (Å²) in [6.07, 6.45) is 0. The summed E-state index contributed by atoms with van der Waals surface area (Å²) in [4.78, 5) is 2.31. The van der Waals surface area contributed by atoms with Crippen LogP contribution in [0.4, 0.5) is 17.1 Å². The summed E-state index contributed by atoms with van der Waals surface area (Å²) in [5, 5.41) is 9.66. The third-order valence-electron chi connectivity index (χ3n) is 11.3. The zero-order valence-electron chi connectivity index (χ0n) is 30.1. The molecule has 9 aromatic carbocycles. The second kappa shape index (κ2) is 12.2. The Morgan fingerprint density at radius 3 is 1.57 bits per heavy atom. The zero-order chi connectivity index (χ0) is 36.7. The fraction of sp³-hybridized carbons (Fsp3) is 0. The van der Waals surface area contributed by atoms with Gasteiger partial charge in [-0.15, -0.1) is 11.3 Å². The van der Waals surface area contributed by atoms with Crippen molar-refractivity contribution in [3.8, 4) is 22.3 Å². The van der Waals surface area contributed by atoms with Gasteiger partial charge in [-0.3, -0.25) is 0 Å². The minimum Gasteiger partial charge on any atom is -0.455 e. The van der Waals surface area contributed by atoms with Crippen LogP contribution in [-0.2, 0) is 0 Å². The van der Waals surface area contributed by atoms with Crippen LogP contribution in [0.5, 0.6) is 0 Å². The lowest BCUT2D eigenvalue weighted by Crippen LogP contribution is -2.10. The molecule has 0 aliphatic heterocycles. The lowest BCUT2D eigenvalue weighted by molar-refractivity contribution is 0.669. The molecule has 0 N–H and O–H groups in total. The normalized spacial score (nSPS) is 11.9. The molecule has 0 saturated carbocycles. The molecule has 0 saturated heterocycles. The fourth-order valence-electron chi connectivity index (χ4n) is 8.64. The van der Waals surface area contributed by atoms with Crippen LogP contribution >= 0.6 is 11.3 Å². The SMILES string of the molecule is c1ccc2c(c1)ccc1c3cccc(-c4ccc(N(c5ccc(-c6cccc7c6oc6ccccc67)cc5)c5cccc6c5oc5ccccc56)cc4)c3sc21. The van der Waals surface area contributed by atoms with E-state index in [0.29, 0.717) is 0 Å². The molecule has 12 rings (SSSR count). The van der Waals surface area contributed by atoms with Crippen LogP contribution in [0.15, 0.2) is 197 Å². The molecule has 12 aromatic rings. The number of anilines is 3. The number of benzene rings is 9. The molecule has 0 spiro atoms. The molecular weight excluding hydrogens is 703 g/mol. The van der Waals surface area contributed by atoms with E-state index in [4.69, 9.17) is 8.83 Å². The molecule has 0 radical (unpaired) electrons. The molecule has 262 valence electrons. The summed E-state index contributed by atoms with van der Waals surface area (Å²) in [7, 11) is 0. The standard InChI is InChI=1S/C52H31NO2S/c1-2-11-38-32(10-1)26-31-45-44-18-8-15-39(51(44)56-52(38)45)34-24-29-36(30-25-34)53(46-19-9-17-43-41-13-4-6-21-48(41)55-50(43)46)35-27-22-33(23-28-35)37-14-7-16-42-40-12-3-5-20-47(40)54-49(37)42/h1-31H. The van der Waals surface area contributed by atoms with E-state index in [2.05, 4.69) is 169 Å². The summed E-state index contributed by atoms with van der Waals surface area (Å²) in [5.74, 6) is 0.